The Balaban J connectivity index is 2.33. The van der Waals surface area contributed by atoms with Gasteiger partial charge in [-0.3, -0.25) is 4.79 Å². The van der Waals surface area contributed by atoms with Gasteiger partial charge in [0.05, 0.1) is 7.11 Å². The van der Waals surface area contributed by atoms with Crippen molar-refractivity contribution in [3.8, 4) is 5.75 Å². The van der Waals surface area contributed by atoms with E-state index in [2.05, 4.69) is 5.32 Å². The maximum Gasteiger partial charge on any atom is 0.261 e. The molecule has 3 N–H and O–H groups in total. The van der Waals surface area contributed by atoms with Crippen molar-refractivity contribution in [2.75, 3.05) is 18.2 Å². The summed E-state index contributed by atoms with van der Waals surface area (Å²) in [6.45, 7) is 3.97. The summed E-state index contributed by atoms with van der Waals surface area (Å²) in [4.78, 5) is 12.4. The van der Waals surface area contributed by atoms with Crippen molar-refractivity contribution >= 4 is 17.3 Å². The zero-order chi connectivity index (χ0) is 14.7. The number of methoxy groups -OCH3 is 1. The molecule has 0 atom stereocenters. The highest BCUT2D eigenvalue weighted by atomic mass is 16.5. The fourth-order valence-corrected chi connectivity index (χ4v) is 2.20. The van der Waals surface area contributed by atoms with Crippen LogP contribution in [0, 0.1) is 13.8 Å². The van der Waals surface area contributed by atoms with Crippen molar-refractivity contribution in [3.63, 3.8) is 0 Å². The molecule has 0 saturated carbocycles. The average molecular weight is 270 g/mol. The minimum atomic E-state index is -0.273. The Morgan fingerprint density at radius 3 is 2.40 bits per heavy atom. The SMILES string of the molecule is COc1cccc(N)c1C(=O)Nc1cc(C)cc(C)c1. The summed E-state index contributed by atoms with van der Waals surface area (Å²) in [6.07, 6.45) is 0. The molecule has 0 bridgehead atoms. The van der Waals surface area contributed by atoms with Crippen LogP contribution in [0.2, 0.25) is 0 Å². The van der Waals surface area contributed by atoms with Crippen LogP contribution in [-0.4, -0.2) is 13.0 Å². The molecule has 4 nitrogen and oxygen atoms in total. The van der Waals surface area contributed by atoms with Crippen molar-refractivity contribution in [1.29, 1.82) is 0 Å². The lowest BCUT2D eigenvalue weighted by Gasteiger charge is -2.12. The molecule has 0 aromatic heterocycles. The molecule has 20 heavy (non-hydrogen) atoms. The molecule has 0 heterocycles. The van der Waals surface area contributed by atoms with Gasteiger partial charge in [-0.2, -0.15) is 0 Å². The van der Waals surface area contributed by atoms with Crippen LogP contribution in [0.5, 0.6) is 5.75 Å². The summed E-state index contributed by atoms with van der Waals surface area (Å²) >= 11 is 0. The molecule has 0 fully saturated rings. The molecule has 0 aliphatic carbocycles. The molecule has 2 aromatic carbocycles. The largest absolute Gasteiger partial charge is 0.496 e. The number of carbonyl (C=O) groups is 1. The number of hydrogen-bond donors (Lipinski definition) is 2. The van der Waals surface area contributed by atoms with Crippen molar-refractivity contribution in [3.05, 3.63) is 53.1 Å². The fraction of sp³-hybridized carbons (Fsp3) is 0.188. The molecule has 0 aliphatic rings. The molecule has 2 rings (SSSR count). The van der Waals surface area contributed by atoms with Crippen LogP contribution in [-0.2, 0) is 0 Å². The molecule has 1 amide bonds. The van der Waals surface area contributed by atoms with Crippen molar-refractivity contribution < 1.29 is 9.53 Å². The maximum absolute atomic E-state index is 12.4. The number of hydrogen-bond acceptors (Lipinski definition) is 3. The number of ether oxygens (including phenoxy) is 1. The molecular formula is C16H18N2O2. The maximum atomic E-state index is 12.4. The summed E-state index contributed by atoms with van der Waals surface area (Å²) < 4.78 is 5.19. The van der Waals surface area contributed by atoms with Crippen LogP contribution >= 0.6 is 0 Å². The van der Waals surface area contributed by atoms with Crippen LogP contribution in [0.3, 0.4) is 0 Å². The van der Waals surface area contributed by atoms with E-state index in [-0.39, 0.29) is 5.91 Å². The van der Waals surface area contributed by atoms with Gasteiger partial charge in [-0.1, -0.05) is 12.1 Å². The molecule has 0 aliphatic heterocycles. The van der Waals surface area contributed by atoms with Gasteiger partial charge in [0.15, 0.2) is 0 Å². The lowest BCUT2D eigenvalue weighted by molar-refractivity contribution is 0.102. The number of aryl methyl sites for hydroxylation is 2. The van der Waals surface area contributed by atoms with Crippen molar-refractivity contribution in [2.24, 2.45) is 0 Å². The quantitative estimate of drug-likeness (QED) is 0.842. The second kappa shape index (κ2) is 5.65. The standard InChI is InChI=1S/C16H18N2O2/c1-10-7-11(2)9-12(8-10)18-16(19)15-13(17)5-4-6-14(15)20-3/h4-9H,17H2,1-3H3,(H,18,19). The number of amides is 1. The number of nitrogens with one attached hydrogen (secondary N) is 1. The van der Waals surface area contributed by atoms with Gasteiger partial charge in [0.2, 0.25) is 0 Å². The van der Waals surface area contributed by atoms with Gasteiger partial charge < -0.3 is 15.8 Å². The summed E-state index contributed by atoms with van der Waals surface area (Å²) in [5, 5.41) is 2.86. The number of anilines is 2. The molecule has 2 aromatic rings. The summed E-state index contributed by atoms with van der Waals surface area (Å²) in [7, 11) is 1.52. The van der Waals surface area contributed by atoms with Crippen LogP contribution in [0.4, 0.5) is 11.4 Å². The van der Waals surface area contributed by atoms with Crippen LogP contribution in [0.15, 0.2) is 36.4 Å². The minimum absolute atomic E-state index is 0.273. The first kappa shape index (κ1) is 13.9. The number of nitrogens with two attached hydrogens (primary N) is 1. The Morgan fingerprint density at radius 2 is 1.80 bits per heavy atom. The predicted octanol–water partition coefficient (Wildman–Crippen LogP) is 3.15. The first-order chi connectivity index (χ1) is 9.51. The topological polar surface area (TPSA) is 64.3 Å². The van der Waals surface area contributed by atoms with E-state index in [0.29, 0.717) is 17.0 Å². The van der Waals surface area contributed by atoms with Crippen LogP contribution in [0.1, 0.15) is 21.5 Å². The summed E-state index contributed by atoms with van der Waals surface area (Å²) in [5.41, 5.74) is 9.55. The van der Waals surface area contributed by atoms with Crippen LogP contribution in [0.25, 0.3) is 0 Å². The van der Waals surface area contributed by atoms with Crippen LogP contribution < -0.4 is 15.8 Å². The van der Waals surface area contributed by atoms with Gasteiger partial charge in [0, 0.05) is 11.4 Å². The highest BCUT2D eigenvalue weighted by Crippen LogP contribution is 2.25. The lowest BCUT2D eigenvalue weighted by atomic mass is 10.1. The van der Waals surface area contributed by atoms with E-state index in [1.807, 2.05) is 32.0 Å². The Hall–Kier alpha value is -2.49. The van der Waals surface area contributed by atoms with E-state index >= 15 is 0 Å². The van der Waals surface area contributed by atoms with E-state index in [0.717, 1.165) is 16.8 Å². The molecule has 0 spiro atoms. The van der Waals surface area contributed by atoms with Gasteiger partial charge in [0.1, 0.15) is 11.3 Å². The van der Waals surface area contributed by atoms with E-state index in [1.54, 1.807) is 18.2 Å². The minimum Gasteiger partial charge on any atom is -0.496 e. The third-order valence-corrected chi connectivity index (χ3v) is 2.98. The number of benzene rings is 2. The van der Waals surface area contributed by atoms with Gasteiger partial charge >= 0.3 is 0 Å². The third kappa shape index (κ3) is 2.91. The summed E-state index contributed by atoms with van der Waals surface area (Å²) in [5.74, 6) is 0.192. The number of carbonyl (C=O) groups excluding carboxylic acids is 1. The van der Waals surface area contributed by atoms with E-state index in [1.165, 1.54) is 7.11 Å². The van der Waals surface area contributed by atoms with E-state index in [4.69, 9.17) is 10.5 Å². The van der Waals surface area contributed by atoms with E-state index in [9.17, 15) is 4.79 Å². The molecule has 0 saturated heterocycles. The van der Waals surface area contributed by atoms with Gasteiger partial charge in [-0.05, 0) is 49.2 Å². The Bertz CT molecular complexity index is 631. The normalized spacial score (nSPS) is 10.2. The zero-order valence-corrected chi connectivity index (χ0v) is 11.9. The second-order valence-electron chi connectivity index (χ2n) is 4.76. The molecule has 0 unspecified atom stereocenters. The number of rotatable bonds is 3. The summed E-state index contributed by atoms with van der Waals surface area (Å²) in [6, 6.07) is 11.0. The molecule has 104 valence electrons. The Labute approximate surface area is 118 Å². The second-order valence-corrected chi connectivity index (χ2v) is 4.76. The zero-order valence-electron chi connectivity index (χ0n) is 11.9. The lowest BCUT2D eigenvalue weighted by Crippen LogP contribution is -2.15. The highest BCUT2D eigenvalue weighted by Gasteiger charge is 2.16. The molecular weight excluding hydrogens is 252 g/mol. The monoisotopic (exact) mass is 270 g/mol. The smallest absolute Gasteiger partial charge is 0.261 e. The Kier molecular flexibility index (Phi) is 3.94. The van der Waals surface area contributed by atoms with Gasteiger partial charge in [-0.25, -0.2) is 0 Å². The highest BCUT2D eigenvalue weighted by molar-refractivity contribution is 6.09. The van der Waals surface area contributed by atoms with E-state index < -0.39 is 0 Å². The fourth-order valence-electron chi connectivity index (χ4n) is 2.20. The van der Waals surface area contributed by atoms with Crippen molar-refractivity contribution in [2.45, 2.75) is 13.8 Å². The van der Waals surface area contributed by atoms with Gasteiger partial charge in [-0.15, -0.1) is 0 Å². The number of nitrogen functional groups attached to an aromatic ring is 1. The molecule has 0 radical (unpaired) electrons. The third-order valence-electron chi connectivity index (χ3n) is 2.98. The predicted molar refractivity (Wildman–Crippen MR) is 81.3 cm³/mol. The van der Waals surface area contributed by atoms with Crippen molar-refractivity contribution in [1.82, 2.24) is 0 Å². The first-order valence-electron chi connectivity index (χ1n) is 6.33. The Morgan fingerprint density at radius 1 is 1.15 bits per heavy atom. The first-order valence-corrected chi connectivity index (χ1v) is 6.33. The average Bonchev–Trinajstić information content (AvgIpc) is 2.36. The molecule has 4 heteroatoms. The van der Waals surface area contributed by atoms with Gasteiger partial charge in [0.25, 0.3) is 5.91 Å².